The highest BCUT2D eigenvalue weighted by molar-refractivity contribution is 5.73. The summed E-state index contributed by atoms with van der Waals surface area (Å²) in [7, 11) is 3.24. The lowest BCUT2D eigenvalue weighted by molar-refractivity contribution is 0.157. The molecule has 0 aromatic heterocycles. The standard InChI is InChI=1S/C9H20N2O2/c1-7(2)5-8(6-13-4)11-9(12)10-3/h7-8H,5-6H2,1-4H3,(H2,10,11,12). The number of carbonyl (C=O) groups excluding carboxylic acids is 1. The Bertz CT molecular complexity index is 149. The summed E-state index contributed by atoms with van der Waals surface area (Å²) in [5, 5.41) is 5.35. The van der Waals surface area contributed by atoms with Gasteiger partial charge in [0.25, 0.3) is 0 Å². The molecule has 0 spiro atoms. The predicted molar refractivity (Wildman–Crippen MR) is 52.7 cm³/mol. The van der Waals surface area contributed by atoms with Crippen molar-refractivity contribution < 1.29 is 9.53 Å². The number of ether oxygens (including phenoxy) is 1. The number of rotatable bonds is 5. The first-order chi connectivity index (χ1) is 6.10. The third kappa shape index (κ3) is 6.40. The van der Waals surface area contributed by atoms with E-state index < -0.39 is 0 Å². The maximum Gasteiger partial charge on any atom is 0.314 e. The Labute approximate surface area is 80.0 Å². The second kappa shape index (κ2) is 6.71. The second-order valence-electron chi connectivity index (χ2n) is 3.51. The highest BCUT2D eigenvalue weighted by Gasteiger charge is 2.12. The van der Waals surface area contributed by atoms with Gasteiger partial charge in [0, 0.05) is 14.2 Å². The molecule has 0 aliphatic rings. The first-order valence-corrected chi connectivity index (χ1v) is 4.57. The van der Waals surface area contributed by atoms with Gasteiger partial charge in [-0.2, -0.15) is 0 Å². The molecule has 0 aliphatic carbocycles. The van der Waals surface area contributed by atoms with Gasteiger partial charge in [-0.3, -0.25) is 0 Å². The lowest BCUT2D eigenvalue weighted by Crippen LogP contribution is -2.43. The largest absolute Gasteiger partial charge is 0.383 e. The van der Waals surface area contributed by atoms with Crippen LogP contribution in [-0.4, -0.2) is 32.8 Å². The first-order valence-electron chi connectivity index (χ1n) is 4.57. The highest BCUT2D eigenvalue weighted by atomic mass is 16.5. The first kappa shape index (κ1) is 12.2. The molecular weight excluding hydrogens is 168 g/mol. The van der Waals surface area contributed by atoms with Crippen molar-refractivity contribution >= 4 is 6.03 Å². The SMILES string of the molecule is CNC(=O)NC(COC)CC(C)C. The quantitative estimate of drug-likeness (QED) is 0.675. The van der Waals surface area contributed by atoms with Crippen LogP contribution in [0.4, 0.5) is 4.79 Å². The number of hydrogen-bond acceptors (Lipinski definition) is 2. The van der Waals surface area contributed by atoms with Crippen molar-refractivity contribution in [1.82, 2.24) is 10.6 Å². The van der Waals surface area contributed by atoms with Crippen LogP contribution in [0.1, 0.15) is 20.3 Å². The maximum atomic E-state index is 11.0. The van der Waals surface area contributed by atoms with Crippen molar-refractivity contribution in [3.8, 4) is 0 Å². The molecule has 13 heavy (non-hydrogen) atoms. The molecule has 0 aromatic carbocycles. The molecule has 0 aromatic rings. The zero-order chi connectivity index (χ0) is 10.3. The van der Waals surface area contributed by atoms with E-state index in [1.54, 1.807) is 14.2 Å². The minimum absolute atomic E-state index is 0.102. The Morgan fingerprint density at radius 2 is 2.08 bits per heavy atom. The van der Waals surface area contributed by atoms with Gasteiger partial charge in [-0.15, -0.1) is 0 Å². The van der Waals surface area contributed by atoms with Gasteiger partial charge < -0.3 is 15.4 Å². The van der Waals surface area contributed by atoms with E-state index in [0.717, 1.165) is 6.42 Å². The van der Waals surface area contributed by atoms with E-state index >= 15 is 0 Å². The summed E-state index contributed by atoms with van der Waals surface area (Å²) in [5.41, 5.74) is 0. The van der Waals surface area contributed by atoms with Crippen molar-refractivity contribution in [3.05, 3.63) is 0 Å². The van der Waals surface area contributed by atoms with Crippen LogP contribution >= 0.6 is 0 Å². The lowest BCUT2D eigenvalue weighted by atomic mass is 10.0. The van der Waals surface area contributed by atoms with Crippen molar-refractivity contribution in [2.75, 3.05) is 20.8 Å². The van der Waals surface area contributed by atoms with Gasteiger partial charge in [0.2, 0.25) is 0 Å². The smallest absolute Gasteiger partial charge is 0.314 e. The number of hydrogen-bond donors (Lipinski definition) is 2. The fourth-order valence-electron chi connectivity index (χ4n) is 1.20. The summed E-state index contributed by atoms with van der Waals surface area (Å²) in [6, 6.07) is -0.0485. The Kier molecular flexibility index (Phi) is 6.32. The Morgan fingerprint density at radius 3 is 2.46 bits per heavy atom. The molecule has 2 N–H and O–H groups in total. The summed E-state index contributed by atoms with van der Waals surface area (Å²) in [5.74, 6) is 0.553. The molecule has 0 heterocycles. The highest BCUT2D eigenvalue weighted by Crippen LogP contribution is 2.04. The third-order valence-corrected chi connectivity index (χ3v) is 1.69. The summed E-state index contributed by atoms with van der Waals surface area (Å²) >= 11 is 0. The Balaban J connectivity index is 3.86. The third-order valence-electron chi connectivity index (χ3n) is 1.69. The molecule has 0 rings (SSSR count). The zero-order valence-electron chi connectivity index (χ0n) is 8.89. The fourth-order valence-corrected chi connectivity index (χ4v) is 1.20. The van der Waals surface area contributed by atoms with Crippen LogP contribution in [-0.2, 0) is 4.74 Å². The molecule has 1 unspecified atom stereocenters. The van der Waals surface area contributed by atoms with E-state index in [2.05, 4.69) is 24.5 Å². The summed E-state index contributed by atoms with van der Waals surface area (Å²) in [6.07, 6.45) is 0.932. The minimum atomic E-state index is -0.150. The molecule has 0 bridgehead atoms. The van der Waals surface area contributed by atoms with E-state index in [1.807, 2.05) is 0 Å². The van der Waals surface area contributed by atoms with Gasteiger partial charge in [-0.25, -0.2) is 4.79 Å². The Morgan fingerprint density at radius 1 is 1.46 bits per heavy atom. The fraction of sp³-hybridized carbons (Fsp3) is 0.889. The molecule has 4 nitrogen and oxygen atoms in total. The van der Waals surface area contributed by atoms with Crippen molar-refractivity contribution in [3.63, 3.8) is 0 Å². The van der Waals surface area contributed by atoms with Crippen LogP contribution in [0, 0.1) is 5.92 Å². The van der Waals surface area contributed by atoms with E-state index in [-0.39, 0.29) is 12.1 Å². The average molecular weight is 188 g/mol. The summed E-state index contributed by atoms with van der Waals surface area (Å²) in [4.78, 5) is 11.0. The summed E-state index contributed by atoms with van der Waals surface area (Å²) < 4.78 is 5.01. The van der Waals surface area contributed by atoms with Crippen molar-refractivity contribution in [1.29, 1.82) is 0 Å². The molecule has 78 valence electrons. The minimum Gasteiger partial charge on any atom is -0.383 e. The average Bonchev–Trinajstić information content (AvgIpc) is 2.03. The van der Waals surface area contributed by atoms with E-state index in [0.29, 0.717) is 12.5 Å². The number of nitrogens with one attached hydrogen (secondary N) is 2. The van der Waals surface area contributed by atoms with Crippen LogP contribution < -0.4 is 10.6 Å². The number of urea groups is 1. The van der Waals surface area contributed by atoms with Crippen LogP contribution in [0.5, 0.6) is 0 Å². The van der Waals surface area contributed by atoms with Crippen LogP contribution in [0.15, 0.2) is 0 Å². The molecule has 1 atom stereocenters. The summed E-state index contributed by atoms with van der Waals surface area (Å²) in [6.45, 7) is 4.80. The molecule has 2 amide bonds. The molecule has 0 radical (unpaired) electrons. The van der Waals surface area contributed by atoms with E-state index in [4.69, 9.17) is 4.74 Å². The van der Waals surface area contributed by atoms with Crippen LogP contribution in [0.25, 0.3) is 0 Å². The van der Waals surface area contributed by atoms with Gasteiger partial charge in [0.1, 0.15) is 0 Å². The van der Waals surface area contributed by atoms with Gasteiger partial charge in [0.05, 0.1) is 12.6 Å². The molecule has 0 aliphatic heterocycles. The second-order valence-corrected chi connectivity index (χ2v) is 3.51. The molecule has 0 fully saturated rings. The number of methoxy groups -OCH3 is 1. The number of carbonyl (C=O) groups is 1. The normalized spacial score (nSPS) is 12.7. The van der Waals surface area contributed by atoms with Crippen molar-refractivity contribution in [2.24, 2.45) is 5.92 Å². The predicted octanol–water partition coefficient (Wildman–Crippen LogP) is 0.976. The topological polar surface area (TPSA) is 50.4 Å². The van der Waals surface area contributed by atoms with Gasteiger partial charge >= 0.3 is 6.03 Å². The van der Waals surface area contributed by atoms with Gasteiger partial charge in [-0.05, 0) is 12.3 Å². The lowest BCUT2D eigenvalue weighted by Gasteiger charge is -2.19. The van der Waals surface area contributed by atoms with Crippen molar-refractivity contribution in [2.45, 2.75) is 26.3 Å². The molecule has 0 saturated carbocycles. The number of amides is 2. The van der Waals surface area contributed by atoms with Gasteiger partial charge in [0.15, 0.2) is 0 Å². The van der Waals surface area contributed by atoms with E-state index in [9.17, 15) is 4.79 Å². The maximum absolute atomic E-state index is 11.0. The molecule has 4 heteroatoms. The molecule has 0 saturated heterocycles. The molecular formula is C9H20N2O2. The van der Waals surface area contributed by atoms with Crippen LogP contribution in [0.2, 0.25) is 0 Å². The Hall–Kier alpha value is -0.770. The monoisotopic (exact) mass is 188 g/mol. The zero-order valence-corrected chi connectivity index (χ0v) is 8.89. The van der Waals surface area contributed by atoms with Gasteiger partial charge in [-0.1, -0.05) is 13.8 Å². The van der Waals surface area contributed by atoms with E-state index in [1.165, 1.54) is 0 Å². The van der Waals surface area contributed by atoms with Crippen LogP contribution in [0.3, 0.4) is 0 Å².